The maximum Gasteiger partial charge on any atom is 0.233 e. The minimum atomic E-state index is -0.0552. The van der Waals surface area contributed by atoms with Gasteiger partial charge in [0, 0.05) is 12.5 Å². The number of hydrogen-bond donors (Lipinski definition) is 0. The van der Waals surface area contributed by atoms with Crippen molar-refractivity contribution in [3.05, 3.63) is 0 Å². The minimum Gasteiger partial charge on any atom is -0.280 e. The molecule has 26 heavy (non-hydrogen) atoms. The van der Waals surface area contributed by atoms with E-state index < -0.39 is 0 Å². The summed E-state index contributed by atoms with van der Waals surface area (Å²) in [6, 6.07) is 0.0424. The third kappa shape index (κ3) is 7.44. The Kier molecular flexibility index (Phi) is 11.2. The molecule has 0 bridgehead atoms. The maximum atomic E-state index is 13.1. The van der Waals surface area contributed by atoms with E-state index in [4.69, 9.17) is 0 Å². The summed E-state index contributed by atoms with van der Waals surface area (Å²) < 4.78 is 0. The highest BCUT2D eigenvalue weighted by Crippen LogP contribution is 2.35. The average molecular weight is 363 g/mol. The molecule has 150 valence electrons. The second-order valence-corrected chi connectivity index (χ2v) is 8.85. The molecule has 0 aromatic carbocycles. The Bertz CT molecular complexity index is 412. The van der Waals surface area contributed by atoms with Crippen molar-refractivity contribution in [3.63, 3.8) is 0 Å². The van der Waals surface area contributed by atoms with Gasteiger partial charge in [-0.2, -0.15) is 0 Å². The summed E-state index contributed by atoms with van der Waals surface area (Å²) in [5.74, 6) is 1.04. The van der Waals surface area contributed by atoms with Crippen LogP contribution in [0.2, 0.25) is 5.82 Å². The lowest BCUT2D eigenvalue weighted by Crippen LogP contribution is -2.39. The van der Waals surface area contributed by atoms with Gasteiger partial charge in [-0.05, 0) is 32.1 Å². The van der Waals surface area contributed by atoms with Gasteiger partial charge in [-0.25, -0.2) is 0 Å². The molecular formula is C22H42BNO2. The molecule has 0 saturated carbocycles. The van der Waals surface area contributed by atoms with Crippen LogP contribution in [-0.4, -0.2) is 30.6 Å². The van der Waals surface area contributed by atoms with Crippen molar-refractivity contribution in [2.24, 2.45) is 11.8 Å². The molecule has 0 aromatic rings. The van der Waals surface area contributed by atoms with E-state index in [9.17, 15) is 9.59 Å². The first kappa shape index (κ1) is 23.2. The molecule has 1 rings (SSSR count). The Morgan fingerprint density at radius 1 is 0.962 bits per heavy atom. The van der Waals surface area contributed by atoms with Crippen molar-refractivity contribution in [3.8, 4) is 0 Å². The van der Waals surface area contributed by atoms with E-state index in [1.54, 1.807) is 4.90 Å². The predicted molar refractivity (Wildman–Crippen MR) is 113 cm³/mol. The Labute approximate surface area is 163 Å². The van der Waals surface area contributed by atoms with Gasteiger partial charge in [0.2, 0.25) is 11.8 Å². The lowest BCUT2D eigenvalue weighted by Gasteiger charge is -2.26. The molecule has 1 heterocycles. The summed E-state index contributed by atoms with van der Waals surface area (Å²) in [4.78, 5) is 27.3. The molecular weight excluding hydrogens is 321 g/mol. The van der Waals surface area contributed by atoms with Crippen LogP contribution in [-0.2, 0) is 9.59 Å². The van der Waals surface area contributed by atoms with E-state index in [1.165, 1.54) is 51.4 Å². The van der Waals surface area contributed by atoms with Gasteiger partial charge < -0.3 is 0 Å². The fourth-order valence-corrected chi connectivity index (χ4v) is 4.51. The van der Waals surface area contributed by atoms with Gasteiger partial charge in [-0.1, -0.05) is 78.0 Å². The number of carbonyl (C=O) groups is 2. The molecule has 3 nitrogen and oxygen atoms in total. The molecule has 0 N–H and O–H groups in total. The van der Waals surface area contributed by atoms with E-state index in [2.05, 4.69) is 28.6 Å². The Morgan fingerprint density at radius 2 is 1.50 bits per heavy atom. The largest absolute Gasteiger partial charge is 0.280 e. The number of nitrogens with zero attached hydrogens (tertiary/aromatic N) is 1. The fraction of sp³-hybridized carbons (Fsp3) is 0.909. The summed E-state index contributed by atoms with van der Waals surface area (Å²) in [6.07, 6.45) is 13.5. The zero-order chi connectivity index (χ0) is 19.5. The molecule has 1 saturated heterocycles. The minimum absolute atomic E-state index is 0.0424. The molecule has 1 fully saturated rings. The highest BCUT2D eigenvalue weighted by Gasteiger charge is 2.44. The third-order valence-electron chi connectivity index (χ3n) is 5.90. The summed E-state index contributed by atoms with van der Waals surface area (Å²) in [6.45, 7) is 8.66. The van der Waals surface area contributed by atoms with Crippen molar-refractivity contribution in [1.82, 2.24) is 4.90 Å². The lowest BCUT2D eigenvalue weighted by atomic mass is 9.82. The highest BCUT2D eigenvalue weighted by molar-refractivity contribution is 6.11. The standard InChI is InChI=1S/C22H42BNO2/c1-5-7-9-11-13-19(14-12-10-8-6-2)20-16-21(25)24(22(20)26)18(4)15-17(3)23/h17-20H,5-16,23H2,1-4H3. The monoisotopic (exact) mass is 363 g/mol. The van der Waals surface area contributed by atoms with Crippen molar-refractivity contribution in [2.75, 3.05) is 0 Å². The van der Waals surface area contributed by atoms with E-state index in [1.807, 2.05) is 6.92 Å². The van der Waals surface area contributed by atoms with Crippen LogP contribution in [0.15, 0.2) is 0 Å². The average Bonchev–Trinajstić information content (AvgIpc) is 2.87. The van der Waals surface area contributed by atoms with E-state index in [0.29, 0.717) is 18.2 Å². The summed E-state index contributed by atoms with van der Waals surface area (Å²) in [5.41, 5.74) is 0. The highest BCUT2D eigenvalue weighted by atomic mass is 16.2. The van der Waals surface area contributed by atoms with Gasteiger partial charge in [0.1, 0.15) is 7.85 Å². The Balaban J connectivity index is 2.70. The van der Waals surface area contributed by atoms with Crippen LogP contribution < -0.4 is 0 Å². The first-order valence-electron chi connectivity index (χ1n) is 11.3. The number of likely N-dealkylation sites (tertiary alicyclic amines) is 1. The molecule has 2 amide bonds. The molecule has 3 atom stereocenters. The van der Waals surface area contributed by atoms with Crippen LogP contribution in [0, 0.1) is 11.8 Å². The zero-order valence-corrected chi connectivity index (χ0v) is 18.1. The summed E-state index contributed by atoms with van der Waals surface area (Å²) >= 11 is 0. The maximum absolute atomic E-state index is 13.1. The first-order chi connectivity index (χ1) is 12.4. The van der Waals surface area contributed by atoms with Crippen LogP contribution in [0.3, 0.4) is 0 Å². The van der Waals surface area contributed by atoms with Gasteiger partial charge >= 0.3 is 0 Å². The lowest BCUT2D eigenvalue weighted by molar-refractivity contribution is -0.142. The molecule has 1 aliphatic heterocycles. The molecule has 0 spiro atoms. The predicted octanol–water partition coefficient (Wildman–Crippen LogP) is 5.14. The van der Waals surface area contributed by atoms with E-state index in [0.717, 1.165) is 19.3 Å². The van der Waals surface area contributed by atoms with E-state index in [-0.39, 0.29) is 23.8 Å². The molecule has 1 aliphatic rings. The van der Waals surface area contributed by atoms with Crippen LogP contribution in [0.1, 0.15) is 105 Å². The molecule has 0 aliphatic carbocycles. The van der Waals surface area contributed by atoms with Crippen LogP contribution in [0.4, 0.5) is 0 Å². The second-order valence-electron chi connectivity index (χ2n) is 8.85. The fourth-order valence-electron chi connectivity index (χ4n) is 4.51. The molecule has 0 aromatic heterocycles. The Morgan fingerprint density at radius 3 is 1.96 bits per heavy atom. The quantitative estimate of drug-likeness (QED) is 0.243. The van der Waals surface area contributed by atoms with Crippen molar-refractivity contribution in [2.45, 2.75) is 117 Å². The molecule has 3 unspecified atom stereocenters. The third-order valence-corrected chi connectivity index (χ3v) is 5.90. The van der Waals surface area contributed by atoms with Crippen LogP contribution in [0.25, 0.3) is 0 Å². The number of hydrogen-bond acceptors (Lipinski definition) is 2. The van der Waals surface area contributed by atoms with Gasteiger partial charge in [-0.15, -0.1) is 0 Å². The topological polar surface area (TPSA) is 37.4 Å². The number of amides is 2. The van der Waals surface area contributed by atoms with Crippen molar-refractivity contribution >= 4 is 19.7 Å². The Hall–Kier alpha value is -0.795. The van der Waals surface area contributed by atoms with Crippen LogP contribution in [0.5, 0.6) is 0 Å². The first-order valence-corrected chi connectivity index (χ1v) is 11.3. The normalized spacial score (nSPS) is 20.2. The van der Waals surface area contributed by atoms with E-state index >= 15 is 0 Å². The molecule has 0 radical (unpaired) electrons. The summed E-state index contributed by atoms with van der Waals surface area (Å²) in [5, 5.41) is 0. The second kappa shape index (κ2) is 12.6. The SMILES string of the molecule is BC(C)CC(C)N1C(=O)CC(C(CCCCCC)CCCCCC)C1=O. The van der Waals surface area contributed by atoms with Crippen molar-refractivity contribution < 1.29 is 9.59 Å². The number of imide groups is 1. The summed E-state index contributed by atoms with van der Waals surface area (Å²) in [7, 11) is 2.16. The molecule has 4 heteroatoms. The van der Waals surface area contributed by atoms with Gasteiger partial charge in [0.05, 0.1) is 5.92 Å². The number of unbranched alkanes of at least 4 members (excludes halogenated alkanes) is 6. The van der Waals surface area contributed by atoms with Crippen LogP contribution >= 0.6 is 0 Å². The van der Waals surface area contributed by atoms with Gasteiger partial charge in [0.15, 0.2) is 0 Å². The number of carbonyl (C=O) groups excluding carboxylic acids is 2. The number of rotatable bonds is 14. The van der Waals surface area contributed by atoms with Gasteiger partial charge in [-0.3, -0.25) is 14.5 Å². The van der Waals surface area contributed by atoms with Gasteiger partial charge in [0.25, 0.3) is 0 Å². The zero-order valence-electron chi connectivity index (χ0n) is 18.1. The van der Waals surface area contributed by atoms with Crippen molar-refractivity contribution in [1.29, 1.82) is 0 Å². The smallest absolute Gasteiger partial charge is 0.233 e.